The SMILES string of the molecule is CC1(N)CCCCC1C(=O)NCC1CCCO1.Cl. The maximum atomic E-state index is 12.1. The molecule has 1 heterocycles. The lowest BCUT2D eigenvalue weighted by Crippen LogP contribution is -2.53. The molecule has 2 aliphatic rings. The fourth-order valence-corrected chi connectivity index (χ4v) is 2.93. The average molecular weight is 277 g/mol. The van der Waals surface area contributed by atoms with Gasteiger partial charge in [0.25, 0.3) is 0 Å². The molecule has 2 fully saturated rings. The molecule has 0 aromatic heterocycles. The van der Waals surface area contributed by atoms with Gasteiger partial charge in [-0.05, 0) is 32.6 Å². The van der Waals surface area contributed by atoms with Crippen LogP contribution in [0.3, 0.4) is 0 Å². The minimum Gasteiger partial charge on any atom is -0.376 e. The number of carbonyl (C=O) groups is 1. The first-order valence-electron chi connectivity index (χ1n) is 6.78. The largest absolute Gasteiger partial charge is 0.376 e. The summed E-state index contributed by atoms with van der Waals surface area (Å²) in [6.07, 6.45) is 6.51. The first-order chi connectivity index (χ1) is 8.09. The Morgan fingerprint density at radius 3 is 2.78 bits per heavy atom. The van der Waals surface area contributed by atoms with E-state index < -0.39 is 0 Å². The molecule has 3 N–H and O–H groups in total. The van der Waals surface area contributed by atoms with Crippen molar-refractivity contribution in [1.82, 2.24) is 5.32 Å². The molecular weight excluding hydrogens is 252 g/mol. The van der Waals surface area contributed by atoms with Crippen molar-refractivity contribution in [1.29, 1.82) is 0 Å². The van der Waals surface area contributed by atoms with Crippen LogP contribution in [0.1, 0.15) is 45.4 Å². The van der Waals surface area contributed by atoms with Crippen LogP contribution in [-0.4, -0.2) is 30.7 Å². The first kappa shape index (κ1) is 15.7. The average Bonchev–Trinajstić information content (AvgIpc) is 2.78. The smallest absolute Gasteiger partial charge is 0.225 e. The molecule has 1 saturated heterocycles. The number of nitrogens with one attached hydrogen (secondary N) is 1. The van der Waals surface area contributed by atoms with Gasteiger partial charge in [0.2, 0.25) is 5.91 Å². The third kappa shape index (κ3) is 3.84. The molecule has 0 spiro atoms. The zero-order chi connectivity index (χ0) is 12.3. The maximum Gasteiger partial charge on any atom is 0.225 e. The zero-order valence-corrected chi connectivity index (χ0v) is 11.9. The molecule has 3 atom stereocenters. The van der Waals surface area contributed by atoms with E-state index in [4.69, 9.17) is 10.5 Å². The van der Waals surface area contributed by atoms with Gasteiger partial charge in [-0.1, -0.05) is 12.8 Å². The second kappa shape index (κ2) is 6.73. The van der Waals surface area contributed by atoms with E-state index in [1.807, 2.05) is 6.92 Å². The van der Waals surface area contributed by atoms with Gasteiger partial charge in [0.05, 0.1) is 12.0 Å². The third-order valence-electron chi connectivity index (χ3n) is 4.10. The van der Waals surface area contributed by atoms with Crippen molar-refractivity contribution in [3.63, 3.8) is 0 Å². The molecule has 18 heavy (non-hydrogen) atoms. The topological polar surface area (TPSA) is 64.4 Å². The van der Waals surface area contributed by atoms with Gasteiger partial charge < -0.3 is 15.8 Å². The summed E-state index contributed by atoms with van der Waals surface area (Å²) < 4.78 is 5.50. The summed E-state index contributed by atoms with van der Waals surface area (Å²) in [4.78, 5) is 12.1. The summed E-state index contributed by atoms with van der Waals surface area (Å²) >= 11 is 0. The minimum atomic E-state index is -0.334. The van der Waals surface area contributed by atoms with E-state index >= 15 is 0 Å². The fourth-order valence-electron chi connectivity index (χ4n) is 2.93. The molecule has 106 valence electrons. The predicted octanol–water partition coefficient (Wildman–Crippen LogP) is 1.61. The van der Waals surface area contributed by atoms with Crippen LogP contribution in [0.5, 0.6) is 0 Å². The number of rotatable bonds is 3. The van der Waals surface area contributed by atoms with Crippen molar-refractivity contribution in [2.24, 2.45) is 11.7 Å². The van der Waals surface area contributed by atoms with E-state index in [0.717, 1.165) is 45.1 Å². The van der Waals surface area contributed by atoms with Gasteiger partial charge in [0.15, 0.2) is 0 Å². The van der Waals surface area contributed by atoms with Crippen molar-refractivity contribution in [2.75, 3.05) is 13.2 Å². The zero-order valence-electron chi connectivity index (χ0n) is 11.1. The summed E-state index contributed by atoms with van der Waals surface area (Å²) in [6.45, 7) is 3.48. The number of amides is 1. The molecule has 1 amide bonds. The molecular formula is C13H25ClN2O2. The molecule has 0 radical (unpaired) electrons. The van der Waals surface area contributed by atoms with Gasteiger partial charge in [-0.25, -0.2) is 0 Å². The van der Waals surface area contributed by atoms with Gasteiger partial charge in [0.1, 0.15) is 0 Å². The minimum absolute atomic E-state index is 0. The second-order valence-corrected chi connectivity index (χ2v) is 5.68. The Bertz CT molecular complexity index is 278. The third-order valence-corrected chi connectivity index (χ3v) is 4.10. The van der Waals surface area contributed by atoms with Crippen LogP contribution >= 0.6 is 12.4 Å². The van der Waals surface area contributed by atoms with E-state index in [9.17, 15) is 4.79 Å². The van der Waals surface area contributed by atoms with E-state index in [1.54, 1.807) is 0 Å². The molecule has 1 aliphatic heterocycles. The monoisotopic (exact) mass is 276 g/mol. The fraction of sp³-hybridized carbons (Fsp3) is 0.923. The van der Waals surface area contributed by atoms with Crippen LogP contribution in [0.15, 0.2) is 0 Å². The Morgan fingerprint density at radius 1 is 1.39 bits per heavy atom. The Kier molecular flexibility index (Phi) is 5.89. The summed E-state index contributed by atoms with van der Waals surface area (Å²) in [5, 5.41) is 3.01. The van der Waals surface area contributed by atoms with Crippen LogP contribution in [0.4, 0.5) is 0 Å². The lowest BCUT2D eigenvalue weighted by atomic mass is 9.74. The summed E-state index contributed by atoms with van der Waals surface area (Å²) in [6, 6.07) is 0. The van der Waals surface area contributed by atoms with Crippen LogP contribution < -0.4 is 11.1 Å². The van der Waals surface area contributed by atoms with Crippen LogP contribution in [0, 0.1) is 5.92 Å². The molecule has 1 saturated carbocycles. The maximum absolute atomic E-state index is 12.1. The van der Waals surface area contributed by atoms with Gasteiger partial charge in [-0.2, -0.15) is 0 Å². The Morgan fingerprint density at radius 2 is 2.17 bits per heavy atom. The number of carbonyl (C=O) groups excluding carboxylic acids is 1. The highest BCUT2D eigenvalue weighted by Crippen LogP contribution is 2.31. The van der Waals surface area contributed by atoms with Gasteiger partial charge in [-0.3, -0.25) is 4.79 Å². The van der Waals surface area contributed by atoms with Crippen molar-refractivity contribution in [3.05, 3.63) is 0 Å². The lowest BCUT2D eigenvalue weighted by Gasteiger charge is -2.37. The van der Waals surface area contributed by atoms with Gasteiger partial charge in [0, 0.05) is 18.7 Å². The number of hydrogen-bond acceptors (Lipinski definition) is 3. The van der Waals surface area contributed by atoms with Crippen LogP contribution in [-0.2, 0) is 9.53 Å². The summed E-state index contributed by atoms with van der Waals surface area (Å²) in [7, 11) is 0. The molecule has 0 aromatic rings. The highest BCUT2D eigenvalue weighted by atomic mass is 35.5. The molecule has 3 unspecified atom stereocenters. The number of ether oxygens (including phenoxy) is 1. The first-order valence-corrected chi connectivity index (χ1v) is 6.78. The van der Waals surface area contributed by atoms with E-state index in [0.29, 0.717) is 6.54 Å². The van der Waals surface area contributed by atoms with Crippen LogP contribution in [0.2, 0.25) is 0 Å². The van der Waals surface area contributed by atoms with Crippen molar-refractivity contribution in [2.45, 2.75) is 57.1 Å². The highest BCUT2D eigenvalue weighted by molar-refractivity contribution is 5.85. The van der Waals surface area contributed by atoms with E-state index in [1.165, 1.54) is 0 Å². The Balaban J connectivity index is 0.00000162. The highest BCUT2D eigenvalue weighted by Gasteiger charge is 2.37. The molecule has 4 nitrogen and oxygen atoms in total. The van der Waals surface area contributed by atoms with E-state index in [2.05, 4.69) is 5.32 Å². The molecule has 0 aromatic carbocycles. The quantitative estimate of drug-likeness (QED) is 0.823. The number of nitrogens with two attached hydrogens (primary N) is 1. The standard InChI is InChI=1S/C13H24N2O2.ClH/c1-13(14)7-3-2-6-11(13)12(16)15-9-10-5-4-8-17-10;/h10-11H,2-9,14H2,1H3,(H,15,16);1H. The molecule has 5 heteroatoms. The normalized spacial score (nSPS) is 35.9. The predicted molar refractivity (Wildman–Crippen MR) is 73.8 cm³/mol. The van der Waals surface area contributed by atoms with Crippen LogP contribution in [0.25, 0.3) is 0 Å². The molecule has 1 aliphatic carbocycles. The van der Waals surface area contributed by atoms with Gasteiger partial charge >= 0.3 is 0 Å². The summed E-state index contributed by atoms with van der Waals surface area (Å²) in [5.41, 5.74) is 5.88. The lowest BCUT2D eigenvalue weighted by molar-refractivity contribution is -0.128. The molecule has 0 bridgehead atoms. The van der Waals surface area contributed by atoms with Crippen molar-refractivity contribution in [3.8, 4) is 0 Å². The second-order valence-electron chi connectivity index (χ2n) is 5.68. The van der Waals surface area contributed by atoms with Crippen molar-refractivity contribution < 1.29 is 9.53 Å². The van der Waals surface area contributed by atoms with E-state index in [-0.39, 0.29) is 35.9 Å². The Labute approximate surface area is 115 Å². The van der Waals surface area contributed by atoms with Crippen molar-refractivity contribution >= 4 is 18.3 Å². The van der Waals surface area contributed by atoms with Gasteiger partial charge in [-0.15, -0.1) is 12.4 Å². The number of halogens is 1. The Hall–Kier alpha value is -0.320. The summed E-state index contributed by atoms with van der Waals surface area (Å²) in [5.74, 6) is 0.0860. The molecule has 2 rings (SSSR count). The number of hydrogen-bond donors (Lipinski definition) is 2.